The molecule has 0 fully saturated rings. The van der Waals surface area contributed by atoms with Crippen LogP contribution >= 0.6 is 0 Å². The van der Waals surface area contributed by atoms with Gasteiger partial charge in [0.2, 0.25) is 6.20 Å². The second-order valence-corrected chi connectivity index (χ2v) is 3.80. The average molecular weight is 198 g/mol. The van der Waals surface area contributed by atoms with Crippen LogP contribution in [-0.4, -0.2) is 48.6 Å². The Balaban J connectivity index is 2.45. The van der Waals surface area contributed by atoms with Crippen LogP contribution in [0.1, 0.15) is 13.3 Å². The number of hydrogen-bond donors (Lipinski definition) is 0. The number of carbonyl (C=O) groups excluding carboxylic acids is 1. The summed E-state index contributed by atoms with van der Waals surface area (Å²) in [5.74, 6) is -0.148. The Labute approximate surface area is 84.7 Å². The minimum atomic E-state index is -0.148. The highest BCUT2D eigenvalue weighted by atomic mass is 16.5. The van der Waals surface area contributed by atoms with Crippen molar-refractivity contribution >= 4 is 12.3 Å². The largest absolute Gasteiger partial charge is 0.462 e. The van der Waals surface area contributed by atoms with Crippen LogP contribution in [0.3, 0.4) is 0 Å². The molecule has 78 valence electrons. The molecule has 0 radical (unpaired) electrons. The summed E-state index contributed by atoms with van der Waals surface area (Å²) in [6.45, 7) is 2.86. The zero-order valence-corrected chi connectivity index (χ0v) is 9.06. The van der Waals surface area contributed by atoms with Gasteiger partial charge in [-0.15, -0.1) is 0 Å². The number of nitrogens with zero attached hydrogens (tertiary/aromatic N) is 2. The van der Waals surface area contributed by atoms with Crippen molar-refractivity contribution in [2.24, 2.45) is 0 Å². The zero-order chi connectivity index (χ0) is 10.6. The topological polar surface area (TPSA) is 29.3 Å². The standard InChI is InChI=1S/C10H18N2O2/c1-4-7-14-10(13)8-12(3)6-5-11(2)9-12/h5-6,9H,4,7-8H2,1-3H3/q+2/t12-/m0/s1. The van der Waals surface area contributed by atoms with Crippen molar-refractivity contribution in [2.45, 2.75) is 13.3 Å². The van der Waals surface area contributed by atoms with E-state index >= 15 is 0 Å². The van der Waals surface area contributed by atoms with Gasteiger partial charge in [0.05, 0.1) is 13.7 Å². The first kappa shape index (κ1) is 10.9. The fourth-order valence-corrected chi connectivity index (χ4v) is 1.38. The molecule has 0 bridgehead atoms. The van der Waals surface area contributed by atoms with Crippen LogP contribution in [0.15, 0.2) is 12.4 Å². The van der Waals surface area contributed by atoms with Gasteiger partial charge in [-0.2, -0.15) is 4.58 Å². The van der Waals surface area contributed by atoms with Crippen LogP contribution in [0.25, 0.3) is 0 Å². The van der Waals surface area contributed by atoms with Gasteiger partial charge < -0.3 is 4.74 Å². The summed E-state index contributed by atoms with van der Waals surface area (Å²) in [5, 5.41) is 0. The summed E-state index contributed by atoms with van der Waals surface area (Å²) in [6.07, 6.45) is 6.74. The minimum absolute atomic E-state index is 0.148. The molecule has 0 amide bonds. The van der Waals surface area contributed by atoms with E-state index in [1.807, 2.05) is 44.3 Å². The summed E-state index contributed by atoms with van der Waals surface area (Å²) < 4.78 is 7.45. The van der Waals surface area contributed by atoms with Crippen molar-refractivity contribution in [1.82, 2.24) is 0 Å². The third-order valence-electron chi connectivity index (χ3n) is 2.03. The molecule has 1 aliphatic heterocycles. The van der Waals surface area contributed by atoms with Crippen LogP contribution in [-0.2, 0) is 9.53 Å². The van der Waals surface area contributed by atoms with E-state index in [2.05, 4.69) is 0 Å². The quantitative estimate of drug-likeness (QED) is 0.375. The molecular formula is C10H18N2O2+2. The lowest BCUT2D eigenvalue weighted by Crippen LogP contribution is -2.41. The molecule has 4 heteroatoms. The van der Waals surface area contributed by atoms with Crippen molar-refractivity contribution in [3.63, 3.8) is 0 Å². The van der Waals surface area contributed by atoms with E-state index in [-0.39, 0.29) is 5.97 Å². The first-order valence-corrected chi connectivity index (χ1v) is 4.83. The molecule has 0 aromatic carbocycles. The second kappa shape index (κ2) is 4.37. The van der Waals surface area contributed by atoms with Crippen LogP contribution < -0.4 is 0 Å². The molecule has 1 rings (SSSR count). The van der Waals surface area contributed by atoms with E-state index in [4.69, 9.17) is 4.74 Å². The molecule has 0 unspecified atom stereocenters. The summed E-state index contributed by atoms with van der Waals surface area (Å²) >= 11 is 0. The SMILES string of the molecule is CCCOC(=O)C[N@+]1(C)C=C[N+](C)=C1. The summed E-state index contributed by atoms with van der Waals surface area (Å²) in [4.78, 5) is 11.4. The minimum Gasteiger partial charge on any atom is -0.462 e. The van der Waals surface area contributed by atoms with Crippen molar-refractivity contribution in [2.75, 3.05) is 27.2 Å². The Hall–Kier alpha value is -1.16. The monoisotopic (exact) mass is 198 g/mol. The molecule has 0 saturated carbocycles. The van der Waals surface area contributed by atoms with Crippen LogP contribution in [0, 0.1) is 0 Å². The lowest BCUT2D eigenvalue weighted by molar-refractivity contribution is -0.759. The molecule has 4 nitrogen and oxygen atoms in total. The molecule has 0 aliphatic carbocycles. The molecule has 0 saturated heterocycles. The fraction of sp³-hybridized carbons (Fsp3) is 0.600. The average Bonchev–Trinajstić information content (AvgIpc) is 2.42. The molecule has 14 heavy (non-hydrogen) atoms. The van der Waals surface area contributed by atoms with Crippen LogP contribution in [0.2, 0.25) is 0 Å². The number of esters is 1. The smallest absolute Gasteiger partial charge is 0.362 e. The van der Waals surface area contributed by atoms with Gasteiger partial charge in [-0.05, 0) is 6.42 Å². The maximum Gasteiger partial charge on any atom is 0.362 e. The lowest BCUT2D eigenvalue weighted by Gasteiger charge is -2.16. The van der Waals surface area contributed by atoms with Crippen LogP contribution in [0.4, 0.5) is 0 Å². The Bertz CT molecular complexity index is 284. The maximum atomic E-state index is 11.4. The lowest BCUT2D eigenvalue weighted by atomic mass is 10.5. The van der Waals surface area contributed by atoms with E-state index in [1.54, 1.807) is 0 Å². The van der Waals surface area contributed by atoms with Gasteiger partial charge in [-0.25, -0.2) is 9.28 Å². The van der Waals surface area contributed by atoms with Gasteiger partial charge in [-0.1, -0.05) is 6.92 Å². The first-order chi connectivity index (χ1) is 6.56. The third-order valence-corrected chi connectivity index (χ3v) is 2.03. The van der Waals surface area contributed by atoms with Gasteiger partial charge >= 0.3 is 12.3 Å². The second-order valence-electron chi connectivity index (χ2n) is 3.80. The highest BCUT2D eigenvalue weighted by Crippen LogP contribution is 2.06. The molecule has 0 aromatic heterocycles. The molecule has 1 aliphatic rings. The zero-order valence-electron chi connectivity index (χ0n) is 9.06. The maximum absolute atomic E-state index is 11.4. The van der Waals surface area contributed by atoms with Gasteiger partial charge in [0.25, 0.3) is 0 Å². The van der Waals surface area contributed by atoms with Crippen molar-refractivity contribution in [1.29, 1.82) is 0 Å². The van der Waals surface area contributed by atoms with Crippen molar-refractivity contribution in [3.8, 4) is 0 Å². The third kappa shape index (κ3) is 2.96. The number of carbonyl (C=O) groups is 1. The summed E-state index contributed by atoms with van der Waals surface area (Å²) in [5.41, 5.74) is 0. The normalized spacial score (nSPS) is 24.9. The van der Waals surface area contributed by atoms with Crippen molar-refractivity contribution < 1.29 is 18.6 Å². The Kier molecular flexibility index (Phi) is 3.41. The van der Waals surface area contributed by atoms with Crippen LogP contribution in [0.5, 0.6) is 0 Å². The molecule has 0 aromatic rings. The Morgan fingerprint density at radius 1 is 1.57 bits per heavy atom. The van der Waals surface area contributed by atoms with Gasteiger partial charge in [-0.3, -0.25) is 0 Å². The number of likely N-dealkylation sites (N-methyl/N-ethyl adjacent to an activating group) is 1. The van der Waals surface area contributed by atoms with Gasteiger partial charge in [0.1, 0.15) is 7.05 Å². The van der Waals surface area contributed by atoms with Gasteiger partial charge in [0, 0.05) is 0 Å². The van der Waals surface area contributed by atoms with E-state index in [1.165, 1.54) is 0 Å². The molecule has 1 atom stereocenters. The fourth-order valence-electron chi connectivity index (χ4n) is 1.38. The highest BCUT2D eigenvalue weighted by Gasteiger charge is 2.30. The first-order valence-electron chi connectivity index (χ1n) is 4.83. The Morgan fingerprint density at radius 2 is 2.29 bits per heavy atom. The van der Waals surface area contributed by atoms with E-state index in [9.17, 15) is 4.79 Å². The summed E-state index contributed by atoms with van der Waals surface area (Å²) in [6, 6.07) is 0. The van der Waals surface area contributed by atoms with E-state index in [0.717, 1.165) is 6.42 Å². The summed E-state index contributed by atoms with van der Waals surface area (Å²) in [7, 11) is 3.91. The molecular weight excluding hydrogens is 180 g/mol. The number of rotatable bonds is 4. The highest BCUT2D eigenvalue weighted by molar-refractivity contribution is 5.72. The number of ether oxygens (including phenoxy) is 1. The predicted octanol–water partition coefficient (Wildman–Crippen LogP) is 0.542. The van der Waals surface area contributed by atoms with E-state index < -0.39 is 0 Å². The molecule has 0 spiro atoms. The number of hydrogen-bond acceptors (Lipinski definition) is 2. The Morgan fingerprint density at radius 3 is 2.79 bits per heavy atom. The van der Waals surface area contributed by atoms with Crippen molar-refractivity contribution in [3.05, 3.63) is 12.4 Å². The molecule has 0 N–H and O–H groups in total. The predicted molar refractivity (Wildman–Crippen MR) is 53.7 cm³/mol. The molecule has 1 heterocycles. The van der Waals surface area contributed by atoms with E-state index in [0.29, 0.717) is 17.6 Å². The number of quaternary nitrogens is 1. The van der Waals surface area contributed by atoms with Gasteiger partial charge in [0.15, 0.2) is 12.7 Å².